The van der Waals surface area contributed by atoms with E-state index in [-0.39, 0.29) is 28.5 Å². The molecule has 8 heteroatoms. The molecule has 150 valence electrons. The van der Waals surface area contributed by atoms with Gasteiger partial charge in [0.25, 0.3) is 10.0 Å². The number of aliphatic imine (C=N–C) groups is 1. The van der Waals surface area contributed by atoms with Gasteiger partial charge in [-0.2, -0.15) is 12.8 Å². The van der Waals surface area contributed by atoms with Gasteiger partial charge >= 0.3 is 0 Å². The zero-order valence-corrected chi connectivity index (χ0v) is 17.7. The van der Waals surface area contributed by atoms with Crippen molar-refractivity contribution in [2.24, 2.45) is 9.39 Å². The van der Waals surface area contributed by atoms with Crippen molar-refractivity contribution < 1.29 is 13.2 Å². The highest BCUT2D eigenvalue weighted by Gasteiger charge is 2.29. The van der Waals surface area contributed by atoms with Crippen LogP contribution in [0, 0.1) is 0 Å². The average molecular weight is 457 g/mol. The van der Waals surface area contributed by atoms with Gasteiger partial charge in [0.2, 0.25) is 5.78 Å². The number of hydrogen-bond donors (Lipinski definition) is 0. The Bertz CT molecular complexity index is 1320. The maximum atomic E-state index is 13.0. The summed E-state index contributed by atoms with van der Waals surface area (Å²) in [6, 6.07) is 19.4. The van der Waals surface area contributed by atoms with E-state index in [4.69, 9.17) is 23.2 Å². The fourth-order valence-electron chi connectivity index (χ4n) is 3.09. The van der Waals surface area contributed by atoms with Crippen molar-refractivity contribution in [2.75, 3.05) is 0 Å². The summed E-state index contributed by atoms with van der Waals surface area (Å²) < 4.78 is 29.6. The minimum absolute atomic E-state index is 0.0256. The predicted octanol–water partition coefficient (Wildman–Crippen LogP) is 5.53. The molecule has 0 saturated heterocycles. The van der Waals surface area contributed by atoms with Crippen LogP contribution in [0.5, 0.6) is 0 Å². The highest BCUT2D eigenvalue weighted by molar-refractivity contribution is 7.90. The molecule has 0 radical (unpaired) electrons. The SMILES string of the molecule is O=C1C(=Nc2ccc(Cl)c(Cl)c2)CC(=NS(=O)(=O)c2ccccc2)c2ccccc21. The first-order valence-electron chi connectivity index (χ1n) is 8.91. The van der Waals surface area contributed by atoms with Crippen LogP contribution in [-0.4, -0.2) is 25.6 Å². The normalized spacial score (nSPS) is 16.7. The lowest BCUT2D eigenvalue weighted by atomic mass is 9.87. The summed E-state index contributed by atoms with van der Waals surface area (Å²) in [5, 5.41) is 0.680. The molecule has 0 fully saturated rings. The lowest BCUT2D eigenvalue weighted by Crippen LogP contribution is -2.28. The fraction of sp³-hybridized carbons (Fsp3) is 0.0455. The van der Waals surface area contributed by atoms with Crippen molar-refractivity contribution in [3.05, 3.63) is 94.0 Å². The Morgan fingerprint density at radius 2 is 1.43 bits per heavy atom. The van der Waals surface area contributed by atoms with E-state index in [0.29, 0.717) is 26.9 Å². The van der Waals surface area contributed by atoms with Gasteiger partial charge in [-0.1, -0.05) is 65.7 Å². The molecule has 0 unspecified atom stereocenters. The summed E-state index contributed by atoms with van der Waals surface area (Å²) in [5.41, 5.74) is 1.71. The van der Waals surface area contributed by atoms with E-state index in [2.05, 4.69) is 9.39 Å². The Morgan fingerprint density at radius 3 is 2.13 bits per heavy atom. The molecule has 1 aliphatic rings. The fourth-order valence-corrected chi connectivity index (χ4v) is 4.45. The van der Waals surface area contributed by atoms with Crippen molar-refractivity contribution in [3.63, 3.8) is 0 Å². The molecule has 5 nitrogen and oxygen atoms in total. The predicted molar refractivity (Wildman–Crippen MR) is 119 cm³/mol. The molecule has 30 heavy (non-hydrogen) atoms. The lowest BCUT2D eigenvalue weighted by Gasteiger charge is -2.18. The topological polar surface area (TPSA) is 75.9 Å². The Balaban J connectivity index is 1.83. The van der Waals surface area contributed by atoms with Crippen molar-refractivity contribution in [3.8, 4) is 0 Å². The molecule has 0 N–H and O–H groups in total. The molecule has 1 aliphatic carbocycles. The number of sulfonamides is 1. The summed E-state index contributed by atoms with van der Waals surface area (Å²) in [6.45, 7) is 0. The largest absolute Gasteiger partial charge is 0.287 e. The number of halogens is 2. The van der Waals surface area contributed by atoms with Gasteiger partial charge in [0.15, 0.2) is 0 Å². The van der Waals surface area contributed by atoms with E-state index in [9.17, 15) is 13.2 Å². The van der Waals surface area contributed by atoms with Gasteiger partial charge in [-0.3, -0.25) is 4.79 Å². The van der Waals surface area contributed by atoms with Crippen LogP contribution in [0.3, 0.4) is 0 Å². The van der Waals surface area contributed by atoms with Gasteiger partial charge in [0.05, 0.1) is 32.1 Å². The van der Waals surface area contributed by atoms with E-state index >= 15 is 0 Å². The first kappa shape index (κ1) is 20.5. The number of fused-ring (bicyclic) bond motifs is 1. The van der Waals surface area contributed by atoms with Crippen molar-refractivity contribution in [1.29, 1.82) is 0 Å². The Morgan fingerprint density at radius 1 is 0.767 bits per heavy atom. The van der Waals surface area contributed by atoms with E-state index in [1.807, 2.05) is 0 Å². The number of rotatable bonds is 3. The molecule has 0 aliphatic heterocycles. The van der Waals surface area contributed by atoms with Crippen LogP contribution in [-0.2, 0) is 10.0 Å². The molecular weight excluding hydrogens is 443 g/mol. The van der Waals surface area contributed by atoms with E-state index in [1.165, 1.54) is 12.1 Å². The second kappa shape index (κ2) is 8.14. The maximum Gasteiger partial charge on any atom is 0.282 e. The molecule has 0 spiro atoms. The van der Waals surface area contributed by atoms with Crippen LogP contribution < -0.4 is 0 Å². The molecule has 3 aromatic rings. The lowest BCUT2D eigenvalue weighted by molar-refractivity contribution is 0.106. The van der Waals surface area contributed by atoms with E-state index in [1.54, 1.807) is 60.7 Å². The Hall–Kier alpha value is -2.80. The molecule has 0 atom stereocenters. The Labute approximate surface area is 183 Å². The van der Waals surface area contributed by atoms with Crippen molar-refractivity contribution in [1.82, 2.24) is 0 Å². The monoisotopic (exact) mass is 456 g/mol. The molecular formula is C22H14Cl2N2O3S. The van der Waals surface area contributed by atoms with Crippen LogP contribution in [0.2, 0.25) is 10.0 Å². The molecule has 0 heterocycles. The zero-order valence-electron chi connectivity index (χ0n) is 15.4. The van der Waals surface area contributed by atoms with E-state index < -0.39 is 10.0 Å². The summed E-state index contributed by atoms with van der Waals surface area (Å²) in [5.74, 6) is -0.285. The molecule has 0 bridgehead atoms. The minimum Gasteiger partial charge on any atom is -0.287 e. The average Bonchev–Trinajstić information content (AvgIpc) is 2.74. The van der Waals surface area contributed by atoms with Crippen LogP contribution in [0.15, 0.2) is 87.1 Å². The second-order valence-electron chi connectivity index (χ2n) is 6.53. The van der Waals surface area contributed by atoms with Gasteiger partial charge in [0.1, 0.15) is 0 Å². The summed E-state index contributed by atoms with van der Waals surface area (Å²) in [4.78, 5) is 17.4. The number of nitrogens with zero attached hydrogens (tertiary/aromatic N) is 2. The highest BCUT2D eigenvalue weighted by Crippen LogP contribution is 2.29. The number of Topliss-reactive ketones (excluding diaryl/α,β-unsaturated/α-hetero) is 1. The molecule has 3 aromatic carbocycles. The third-order valence-corrected chi connectivity index (χ3v) is 6.59. The Kier molecular flexibility index (Phi) is 5.56. The van der Waals surface area contributed by atoms with Gasteiger partial charge in [0, 0.05) is 17.5 Å². The molecule has 0 amide bonds. The first-order valence-corrected chi connectivity index (χ1v) is 11.1. The van der Waals surface area contributed by atoms with Gasteiger partial charge in [-0.15, -0.1) is 0 Å². The maximum absolute atomic E-state index is 13.0. The number of carbonyl (C=O) groups excluding carboxylic acids is 1. The number of benzene rings is 3. The van der Waals surface area contributed by atoms with Gasteiger partial charge in [-0.05, 0) is 30.3 Å². The number of ketones is 1. The van der Waals surface area contributed by atoms with Crippen LogP contribution in [0.25, 0.3) is 0 Å². The van der Waals surface area contributed by atoms with E-state index in [0.717, 1.165) is 0 Å². The molecule has 4 rings (SSSR count). The third-order valence-electron chi connectivity index (χ3n) is 4.52. The number of carbonyl (C=O) groups is 1. The van der Waals surface area contributed by atoms with Gasteiger partial charge in [-0.25, -0.2) is 4.99 Å². The standard InChI is InChI=1S/C22H14Cl2N2O3S/c23-18-11-10-14(12-19(18)24)25-21-13-20(16-8-4-5-9-17(16)22(21)27)26-30(28,29)15-6-2-1-3-7-15/h1-12H,13H2. The summed E-state index contributed by atoms with van der Waals surface area (Å²) in [7, 11) is -3.95. The van der Waals surface area contributed by atoms with Gasteiger partial charge < -0.3 is 0 Å². The smallest absolute Gasteiger partial charge is 0.282 e. The van der Waals surface area contributed by atoms with Crippen LogP contribution >= 0.6 is 23.2 Å². The van der Waals surface area contributed by atoms with Crippen LogP contribution in [0.1, 0.15) is 22.3 Å². The molecule has 0 aromatic heterocycles. The van der Waals surface area contributed by atoms with Crippen LogP contribution in [0.4, 0.5) is 5.69 Å². The second-order valence-corrected chi connectivity index (χ2v) is 8.95. The quantitative estimate of drug-likeness (QED) is 0.519. The minimum atomic E-state index is -3.95. The third kappa shape index (κ3) is 4.07. The number of hydrogen-bond acceptors (Lipinski definition) is 4. The zero-order chi connectivity index (χ0) is 21.3. The highest BCUT2D eigenvalue weighted by atomic mass is 35.5. The van der Waals surface area contributed by atoms with Crippen molar-refractivity contribution >= 4 is 56.1 Å². The molecule has 0 saturated carbocycles. The summed E-state index contributed by atoms with van der Waals surface area (Å²) >= 11 is 12.0. The summed E-state index contributed by atoms with van der Waals surface area (Å²) in [6.07, 6.45) is -0.0256. The first-order chi connectivity index (χ1) is 14.3. The van der Waals surface area contributed by atoms with Crippen molar-refractivity contribution in [2.45, 2.75) is 11.3 Å².